The highest BCUT2D eigenvalue weighted by molar-refractivity contribution is 5.75. The predicted molar refractivity (Wildman–Crippen MR) is 151 cm³/mol. The van der Waals surface area contributed by atoms with Gasteiger partial charge in [0.2, 0.25) is 0 Å². The molecule has 4 aliphatic carbocycles. The van der Waals surface area contributed by atoms with Gasteiger partial charge in [-0.25, -0.2) is 0 Å². The summed E-state index contributed by atoms with van der Waals surface area (Å²) in [6.45, 7) is 13.5. The summed E-state index contributed by atoms with van der Waals surface area (Å²) < 4.78 is 11.4. The van der Waals surface area contributed by atoms with Crippen LogP contribution in [0.5, 0.6) is 0 Å². The van der Waals surface area contributed by atoms with E-state index in [1.54, 1.807) is 6.92 Å². The van der Waals surface area contributed by atoms with Crippen molar-refractivity contribution in [3.05, 3.63) is 11.6 Å². The molecule has 6 nitrogen and oxygen atoms in total. The van der Waals surface area contributed by atoms with Crippen molar-refractivity contribution < 1.29 is 19.1 Å². The fraction of sp³-hybridized carbons (Fsp3) is 0.875. The van der Waals surface area contributed by atoms with Crippen molar-refractivity contribution in [1.82, 2.24) is 0 Å². The number of carbonyl (C=O) groups is 2. The molecule has 4 N–H and O–H groups in total. The Hall–Kier alpha value is -1.40. The minimum Gasteiger partial charge on any atom is -0.461 e. The van der Waals surface area contributed by atoms with Crippen LogP contribution >= 0.6 is 0 Å². The molecule has 0 aliphatic heterocycles. The number of nitrogens with two attached hydrogens (primary N) is 2. The van der Waals surface area contributed by atoms with E-state index >= 15 is 0 Å². The molecule has 0 bridgehead atoms. The van der Waals surface area contributed by atoms with E-state index in [0.717, 1.165) is 55.8 Å². The maximum Gasteiger partial charge on any atom is 0.322 e. The topological polar surface area (TPSA) is 105 Å². The van der Waals surface area contributed by atoms with E-state index in [2.05, 4.69) is 40.7 Å². The number of rotatable bonds is 9. The van der Waals surface area contributed by atoms with Gasteiger partial charge in [-0.15, -0.1) is 0 Å². The Morgan fingerprint density at radius 2 is 1.76 bits per heavy atom. The average molecular weight is 531 g/mol. The fourth-order valence-corrected chi connectivity index (χ4v) is 9.35. The zero-order valence-electron chi connectivity index (χ0n) is 24.8. The lowest BCUT2D eigenvalue weighted by Gasteiger charge is -2.58. The highest BCUT2D eigenvalue weighted by Gasteiger charge is 2.59. The Morgan fingerprint density at radius 1 is 1.03 bits per heavy atom. The van der Waals surface area contributed by atoms with Gasteiger partial charge in [-0.2, -0.15) is 0 Å². The summed E-state index contributed by atoms with van der Waals surface area (Å²) in [7, 11) is 0. The summed E-state index contributed by atoms with van der Waals surface area (Å²) in [5, 5.41) is 0. The molecule has 3 saturated carbocycles. The molecule has 0 spiro atoms. The van der Waals surface area contributed by atoms with Crippen molar-refractivity contribution in [2.75, 3.05) is 6.54 Å². The minimum atomic E-state index is -0.557. The van der Waals surface area contributed by atoms with Crippen LogP contribution < -0.4 is 11.5 Å². The van der Waals surface area contributed by atoms with E-state index in [9.17, 15) is 9.59 Å². The summed E-state index contributed by atoms with van der Waals surface area (Å²) in [6, 6.07) is -0.557. The van der Waals surface area contributed by atoms with Gasteiger partial charge in [0.25, 0.3) is 0 Å². The van der Waals surface area contributed by atoms with E-state index in [1.165, 1.54) is 37.7 Å². The van der Waals surface area contributed by atoms with Crippen molar-refractivity contribution in [1.29, 1.82) is 0 Å². The monoisotopic (exact) mass is 530 g/mol. The lowest BCUT2D eigenvalue weighted by Crippen LogP contribution is -2.51. The zero-order valence-corrected chi connectivity index (χ0v) is 24.8. The second kappa shape index (κ2) is 11.6. The van der Waals surface area contributed by atoms with Gasteiger partial charge in [0, 0.05) is 6.42 Å². The molecule has 4 aliphatic rings. The second-order valence-corrected chi connectivity index (χ2v) is 14.1. The van der Waals surface area contributed by atoms with Gasteiger partial charge in [0.15, 0.2) is 0 Å². The molecular weight excluding hydrogens is 476 g/mol. The molecule has 0 saturated heterocycles. The van der Waals surface area contributed by atoms with Crippen LogP contribution in [0, 0.1) is 46.3 Å². The van der Waals surface area contributed by atoms with Gasteiger partial charge in [-0.1, -0.05) is 46.3 Å². The van der Waals surface area contributed by atoms with Crippen molar-refractivity contribution in [3.8, 4) is 0 Å². The first kappa shape index (κ1) is 29.6. The Kier molecular flexibility index (Phi) is 9.03. The van der Waals surface area contributed by atoms with Crippen LogP contribution in [0.2, 0.25) is 0 Å². The summed E-state index contributed by atoms with van der Waals surface area (Å²) in [5.41, 5.74) is 13.4. The van der Waals surface area contributed by atoms with E-state index in [-0.39, 0.29) is 36.1 Å². The third-order valence-electron chi connectivity index (χ3n) is 11.6. The maximum absolute atomic E-state index is 12.1. The molecule has 10 atom stereocenters. The molecule has 6 heteroatoms. The molecule has 1 unspecified atom stereocenters. The van der Waals surface area contributed by atoms with Crippen LogP contribution in [0.15, 0.2) is 11.6 Å². The smallest absolute Gasteiger partial charge is 0.322 e. The molecule has 0 aromatic heterocycles. The predicted octanol–water partition coefficient (Wildman–Crippen LogP) is 5.77. The quantitative estimate of drug-likeness (QED) is 0.290. The van der Waals surface area contributed by atoms with Gasteiger partial charge in [0.05, 0.1) is 6.54 Å². The van der Waals surface area contributed by atoms with E-state index in [0.29, 0.717) is 17.3 Å². The van der Waals surface area contributed by atoms with Gasteiger partial charge < -0.3 is 20.9 Å². The van der Waals surface area contributed by atoms with Gasteiger partial charge in [0.1, 0.15) is 18.2 Å². The Morgan fingerprint density at radius 3 is 2.42 bits per heavy atom. The number of hydrogen-bond donors (Lipinski definition) is 2. The first-order valence-electron chi connectivity index (χ1n) is 15.5. The van der Waals surface area contributed by atoms with Crippen LogP contribution in [-0.4, -0.2) is 36.7 Å². The van der Waals surface area contributed by atoms with Crippen molar-refractivity contribution in [3.63, 3.8) is 0 Å². The number of hydrogen-bond acceptors (Lipinski definition) is 6. The highest BCUT2D eigenvalue weighted by atomic mass is 16.5. The number of allylic oxidation sites excluding steroid dienone is 1. The SMILES string of the molecule is CC(C)C(CC[C@@H](C)[C@H]1CC[C@H]2[C@@H]3CC=C4C[C@@H](OC(=O)[C@H](C)N)CC[C@]4(C)[C@H]3CC[C@]12C)OC(=O)CN. The molecule has 0 aromatic carbocycles. The van der Waals surface area contributed by atoms with Gasteiger partial charge in [-0.3, -0.25) is 9.59 Å². The van der Waals surface area contributed by atoms with Crippen LogP contribution in [-0.2, 0) is 19.1 Å². The van der Waals surface area contributed by atoms with Crippen molar-refractivity contribution in [2.24, 2.45) is 57.8 Å². The van der Waals surface area contributed by atoms with E-state index in [1.807, 2.05) is 0 Å². The van der Waals surface area contributed by atoms with E-state index in [4.69, 9.17) is 20.9 Å². The van der Waals surface area contributed by atoms with Crippen LogP contribution in [0.4, 0.5) is 0 Å². The minimum absolute atomic E-state index is 0.0197. The number of fused-ring (bicyclic) bond motifs is 5. The summed E-state index contributed by atoms with van der Waals surface area (Å²) in [5.74, 6) is 3.39. The first-order valence-corrected chi connectivity index (χ1v) is 15.5. The summed E-state index contributed by atoms with van der Waals surface area (Å²) in [4.78, 5) is 23.9. The third kappa shape index (κ3) is 5.59. The van der Waals surface area contributed by atoms with Gasteiger partial charge >= 0.3 is 11.9 Å². The number of carbonyl (C=O) groups excluding carboxylic acids is 2. The van der Waals surface area contributed by atoms with Crippen molar-refractivity contribution >= 4 is 11.9 Å². The molecule has 4 rings (SSSR count). The molecule has 3 fully saturated rings. The second-order valence-electron chi connectivity index (χ2n) is 14.1. The highest BCUT2D eigenvalue weighted by Crippen LogP contribution is 2.67. The Balaban J connectivity index is 1.42. The third-order valence-corrected chi connectivity index (χ3v) is 11.6. The molecule has 0 radical (unpaired) electrons. The lowest BCUT2D eigenvalue weighted by molar-refractivity contribution is -0.152. The Bertz CT molecular complexity index is 900. The molecular formula is C32H54N2O4. The fourth-order valence-electron chi connectivity index (χ4n) is 9.35. The normalized spacial score (nSPS) is 38.8. The van der Waals surface area contributed by atoms with Gasteiger partial charge in [-0.05, 0) is 111 Å². The number of esters is 2. The first-order chi connectivity index (χ1) is 17.9. The number of ether oxygens (including phenoxy) is 2. The molecule has 0 amide bonds. The average Bonchev–Trinajstić information content (AvgIpc) is 3.23. The molecule has 0 heterocycles. The molecule has 38 heavy (non-hydrogen) atoms. The summed E-state index contributed by atoms with van der Waals surface area (Å²) >= 11 is 0. The van der Waals surface area contributed by atoms with Crippen LogP contribution in [0.3, 0.4) is 0 Å². The van der Waals surface area contributed by atoms with Crippen LogP contribution in [0.1, 0.15) is 106 Å². The lowest BCUT2D eigenvalue weighted by atomic mass is 9.47. The van der Waals surface area contributed by atoms with Crippen molar-refractivity contribution in [2.45, 2.75) is 124 Å². The standard InChI is InChI=1S/C32H54N2O4/c1-19(2)28(38-29(35)18-33)12-7-20(3)25-10-11-26-24-9-8-22-17-23(37-30(36)21(4)34)13-15-31(22,5)27(24)14-16-32(25,26)6/h8,19-21,23-28H,7,9-18,33-34H2,1-6H3/t20-,21+,23+,24+,25-,26+,27+,28?,31+,32-/m1/s1. The van der Waals surface area contributed by atoms with Crippen LogP contribution in [0.25, 0.3) is 0 Å². The molecule has 216 valence electrons. The maximum atomic E-state index is 12.1. The van der Waals surface area contributed by atoms with E-state index < -0.39 is 6.04 Å². The largest absolute Gasteiger partial charge is 0.461 e. The molecule has 0 aromatic rings. The Labute approximate surface area is 231 Å². The summed E-state index contributed by atoms with van der Waals surface area (Å²) in [6.07, 6.45) is 13.9. The zero-order chi connectivity index (χ0) is 27.8.